The molecule has 22 heavy (non-hydrogen) atoms. The van der Waals surface area contributed by atoms with Crippen molar-refractivity contribution in [1.82, 2.24) is 0 Å². The molecule has 0 saturated heterocycles. The van der Waals surface area contributed by atoms with E-state index in [2.05, 4.69) is 31.2 Å². The number of allylic oxidation sites excluding steroid dienone is 4. The van der Waals surface area contributed by atoms with Crippen LogP contribution >= 0.6 is 0 Å². The van der Waals surface area contributed by atoms with E-state index in [0.29, 0.717) is 6.61 Å². The van der Waals surface area contributed by atoms with Crippen molar-refractivity contribution in [2.75, 3.05) is 6.61 Å². The molecule has 0 atom stereocenters. The maximum atomic E-state index is 10.6. The van der Waals surface area contributed by atoms with Crippen LogP contribution in [0.25, 0.3) is 0 Å². The minimum Gasteiger partial charge on any atom is -0.466 e. The van der Waals surface area contributed by atoms with Crippen LogP contribution in [0.1, 0.15) is 90.9 Å². The first-order valence-electron chi connectivity index (χ1n) is 9.20. The average molecular weight is 309 g/mol. The lowest BCUT2D eigenvalue weighted by Crippen LogP contribution is -1.99. The Labute approximate surface area is 138 Å². The van der Waals surface area contributed by atoms with Crippen LogP contribution in [0.4, 0.5) is 0 Å². The van der Waals surface area contributed by atoms with Crippen LogP contribution in [-0.4, -0.2) is 12.6 Å². The highest BCUT2D eigenvalue weighted by molar-refractivity contribution is 5.65. The Morgan fingerprint density at radius 2 is 1.18 bits per heavy atom. The molecule has 0 unspecified atom stereocenters. The third-order valence-corrected chi connectivity index (χ3v) is 3.62. The fraction of sp³-hybridized carbons (Fsp3) is 0.750. The molecule has 0 N–H and O–H groups in total. The summed E-state index contributed by atoms with van der Waals surface area (Å²) in [6, 6.07) is 0. The van der Waals surface area contributed by atoms with Crippen molar-refractivity contribution in [2.45, 2.75) is 90.9 Å². The molecule has 2 nitrogen and oxygen atoms in total. The summed E-state index contributed by atoms with van der Waals surface area (Å²) in [5.74, 6) is -0.182. The van der Waals surface area contributed by atoms with E-state index in [1.54, 1.807) is 0 Å². The summed E-state index contributed by atoms with van der Waals surface area (Å²) < 4.78 is 4.88. The van der Waals surface area contributed by atoms with Gasteiger partial charge in [-0.15, -0.1) is 0 Å². The maximum absolute atomic E-state index is 10.6. The standard InChI is InChI=1S/C20H36O2/c1-3-4-5-6-7-8-9-10-11-12-13-14-15-16-17-18-19-22-20(2)21/h9-10,15-16H,3-8,11-14,17-19H2,1-2H3. The minimum atomic E-state index is -0.182. The summed E-state index contributed by atoms with van der Waals surface area (Å²) in [7, 11) is 0. The summed E-state index contributed by atoms with van der Waals surface area (Å²) in [6.07, 6.45) is 24.1. The van der Waals surface area contributed by atoms with Crippen LogP contribution < -0.4 is 0 Å². The molecule has 0 aliphatic carbocycles. The van der Waals surface area contributed by atoms with Gasteiger partial charge in [0.15, 0.2) is 0 Å². The van der Waals surface area contributed by atoms with Gasteiger partial charge in [0.05, 0.1) is 6.61 Å². The number of unbranched alkanes of at least 4 members (excludes halogenated alkanes) is 9. The zero-order chi connectivity index (χ0) is 16.3. The number of hydrogen-bond donors (Lipinski definition) is 0. The normalized spacial score (nSPS) is 11.5. The molecule has 0 fully saturated rings. The fourth-order valence-corrected chi connectivity index (χ4v) is 2.28. The molecule has 0 amide bonds. The summed E-state index contributed by atoms with van der Waals surface area (Å²) >= 11 is 0. The van der Waals surface area contributed by atoms with Gasteiger partial charge in [-0.3, -0.25) is 4.79 Å². The molecule has 0 aliphatic rings. The third-order valence-electron chi connectivity index (χ3n) is 3.62. The molecule has 0 aromatic rings. The maximum Gasteiger partial charge on any atom is 0.302 e. The fourth-order valence-electron chi connectivity index (χ4n) is 2.28. The lowest BCUT2D eigenvalue weighted by atomic mass is 10.1. The molecule has 0 radical (unpaired) electrons. The van der Waals surface area contributed by atoms with Crippen LogP contribution in [-0.2, 0) is 9.53 Å². The van der Waals surface area contributed by atoms with Gasteiger partial charge in [-0.25, -0.2) is 0 Å². The molecule has 0 spiro atoms. The number of ether oxygens (including phenoxy) is 1. The van der Waals surface area contributed by atoms with Crippen LogP contribution in [0.15, 0.2) is 24.3 Å². The van der Waals surface area contributed by atoms with Crippen molar-refractivity contribution in [3.8, 4) is 0 Å². The quantitative estimate of drug-likeness (QED) is 0.200. The van der Waals surface area contributed by atoms with Gasteiger partial charge in [0.1, 0.15) is 0 Å². The Morgan fingerprint density at radius 1 is 0.727 bits per heavy atom. The van der Waals surface area contributed by atoms with Crippen molar-refractivity contribution in [3.05, 3.63) is 24.3 Å². The lowest BCUT2D eigenvalue weighted by molar-refractivity contribution is -0.141. The van der Waals surface area contributed by atoms with Gasteiger partial charge in [0, 0.05) is 6.92 Å². The van der Waals surface area contributed by atoms with Crippen molar-refractivity contribution in [3.63, 3.8) is 0 Å². The highest BCUT2D eigenvalue weighted by atomic mass is 16.5. The van der Waals surface area contributed by atoms with E-state index in [1.165, 1.54) is 71.1 Å². The van der Waals surface area contributed by atoms with Crippen LogP contribution in [0.2, 0.25) is 0 Å². The first-order chi connectivity index (χ1) is 10.8. The van der Waals surface area contributed by atoms with Gasteiger partial charge in [-0.2, -0.15) is 0 Å². The van der Waals surface area contributed by atoms with Gasteiger partial charge in [0.25, 0.3) is 0 Å². The smallest absolute Gasteiger partial charge is 0.302 e. The van der Waals surface area contributed by atoms with Crippen LogP contribution in [0, 0.1) is 0 Å². The van der Waals surface area contributed by atoms with Gasteiger partial charge in [-0.05, 0) is 51.4 Å². The van der Waals surface area contributed by atoms with Crippen LogP contribution in [0.3, 0.4) is 0 Å². The highest BCUT2D eigenvalue weighted by Crippen LogP contribution is 2.07. The molecule has 0 aromatic carbocycles. The predicted octanol–water partition coefficient (Wildman–Crippen LogP) is 6.36. The molecule has 128 valence electrons. The number of rotatable bonds is 15. The monoisotopic (exact) mass is 308 g/mol. The van der Waals surface area contributed by atoms with E-state index in [9.17, 15) is 4.79 Å². The average Bonchev–Trinajstić information content (AvgIpc) is 2.50. The van der Waals surface area contributed by atoms with Crippen molar-refractivity contribution >= 4 is 5.97 Å². The molecule has 0 aliphatic heterocycles. The number of carbonyl (C=O) groups excluding carboxylic acids is 1. The molecule has 0 rings (SSSR count). The molecule has 0 saturated carbocycles. The molecule has 0 bridgehead atoms. The molecular weight excluding hydrogens is 272 g/mol. The second kappa shape index (κ2) is 18.0. The second-order valence-electron chi connectivity index (χ2n) is 5.91. The third kappa shape index (κ3) is 18.9. The Bertz CT molecular complexity index is 292. The second-order valence-corrected chi connectivity index (χ2v) is 5.91. The van der Waals surface area contributed by atoms with E-state index in [4.69, 9.17) is 4.74 Å². The largest absolute Gasteiger partial charge is 0.466 e. The van der Waals surface area contributed by atoms with Crippen LogP contribution in [0.5, 0.6) is 0 Å². The molecule has 2 heteroatoms. The van der Waals surface area contributed by atoms with Gasteiger partial charge < -0.3 is 4.74 Å². The predicted molar refractivity (Wildman–Crippen MR) is 96.0 cm³/mol. The first-order valence-corrected chi connectivity index (χ1v) is 9.20. The molecule has 0 aromatic heterocycles. The Kier molecular flexibility index (Phi) is 17.1. The van der Waals surface area contributed by atoms with E-state index in [0.717, 1.165) is 12.8 Å². The van der Waals surface area contributed by atoms with E-state index in [-0.39, 0.29) is 5.97 Å². The number of carbonyl (C=O) groups is 1. The van der Waals surface area contributed by atoms with Crippen molar-refractivity contribution in [1.29, 1.82) is 0 Å². The summed E-state index contributed by atoms with van der Waals surface area (Å²) in [6.45, 7) is 4.26. The van der Waals surface area contributed by atoms with Gasteiger partial charge in [0.2, 0.25) is 0 Å². The Hall–Kier alpha value is -1.05. The lowest BCUT2D eigenvalue weighted by Gasteiger charge is -1.98. The topological polar surface area (TPSA) is 26.3 Å². The summed E-state index contributed by atoms with van der Waals surface area (Å²) in [5, 5.41) is 0. The zero-order valence-corrected chi connectivity index (χ0v) is 14.8. The summed E-state index contributed by atoms with van der Waals surface area (Å²) in [5.41, 5.74) is 0. The Balaban J connectivity index is 3.17. The SMILES string of the molecule is CCCCCCCC=CCCCCC=CCCCOC(C)=O. The zero-order valence-electron chi connectivity index (χ0n) is 14.8. The minimum absolute atomic E-state index is 0.182. The number of hydrogen-bond acceptors (Lipinski definition) is 2. The molecular formula is C20H36O2. The van der Waals surface area contributed by atoms with E-state index in [1.807, 2.05) is 0 Å². The first kappa shape index (κ1) is 20.9. The van der Waals surface area contributed by atoms with Crippen molar-refractivity contribution < 1.29 is 9.53 Å². The highest BCUT2D eigenvalue weighted by Gasteiger charge is 1.90. The van der Waals surface area contributed by atoms with Gasteiger partial charge in [-0.1, -0.05) is 56.9 Å². The van der Waals surface area contributed by atoms with E-state index < -0.39 is 0 Å². The van der Waals surface area contributed by atoms with Crippen molar-refractivity contribution in [2.24, 2.45) is 0 Å². The van der Waals surface area contributed by atoms with Gasteiger partial charge >= 0.3 is 5.97 Å². The number of esters is 1. The Morgan fingerprint density at radius 3 is 1.68 bits per heavy atom. The molecule has 0 heterocycles. The summed E-state index contributed by atoms with van der Waals surface area (Å²) in [4.78, 5) is 10.6. The van der Waals surface area contributed by atoms with E-state index >= 15 is 0 Å².